The summed E-state index contributed by atoms with van der Waals surface area (Å²) in [6.45, 7) is 4.00. The second kappa shape index (κ2) is 7.70. The van der Waals surface area contributed by atoms with Crippen LogP contribution in [-0.2, 0) is 4.79 Å². The molecule has 1 aliphatic rings. The lowest BCUT2D eigenvalue weighted by molar-refractivity contribution is -0.129. The maximum absolute atomic E-state index is 12.1. The van der Waals surface area contributed by atoms with E-state index in [0.29, 0.717) is 12.3 Å². The average Bonchev–Trinajstić information content (AvgIpc) is 2.90. The third-order valence-electron chi connectivity index (χ3n) is 3.78. The number of aliphatic hydroxyl groups is 1. The van der Waals surface area contributed by atoms with Crippen molar-refractivity contribution < 1.29 is 9.90 Å². The van der Waals surface area contributed by atoms with Crippen LogP contribution in [0.5, 0.6) is 0 Å². The molecule has 0 aliphatic carbocycles. The van der Waals surface area contributed by atoms with Gasteiger partial charge in [0.1, 0.15) is 0 Å². The van der Waals surface area contributed by atoms with Crippen LogP contribution in [0.3, 0.4) is 0 Å². The lowest BCUT2D eigenvalue weighted by Crippen LogP contribution is -2.29. The van der Waals surface area contributed by atoms with Gasteiger partial charge in [-0.05, 0) is 37.8 Å². The Kier molecular flexibility index (Phi) is 5.92. The van der Waals surface area contributed by atoms with Gasteiger partial charge in [0.25, 0.3) is 0 Å². The van der Waals surface area contributed by atoms with E-state index >= 15 is 0 Å². The molecular formula is C16H23NO2S. The summed E-state index contributed by atoms with van der Waals surface area (Å²) < 4.78 is 0. The van der Waals surface area contributed by atoms with Crippen LogP contribution >= 0.6 is 11.8 Å². The molecule has 0 aromatic heterocycles. The zero-order valence-corrected chi connectivity index (χ0v) is 12.9. The first kappa shape index (κ1) is 15.4. The van der Waals surface area contributed by atoms with Crippen LogP contribution in [0.2, 0.25) is 0 Å². The van der Waals surface area contributed by atoms with E-state index in [9.17, 15) is 4.79 Å². The van der Waals surface area contributed by atoms with Crippen LogP contribution in [0.15, 0.2) is 29.2 Å². The first-order valence-corrected chi connectivity index (χ1v) is 8.25. The molecule has 1 unspecified atom stereocenters. The fraction of sp³-hybridized carbons (Fsp3) is 0.562. The Morgan fingerprint density at radius 3 is 2.85 bits per heavy atom. The quantitative estimate of drug-likeness (QED) is 0.820. The Balaban J connectivity index is 1.69. The van der Waals surface area contributed by atoms with Crippen molar-refractivity contribution in [2.75, 3.05) is 25.4 Å². The van der Waals surface area contributed by atoms with Crippen LogP contribution in [0.25, 0.3) is 0 Å². The number of benzene rings is 1. The molecule has 4 heteroatoms. The minimum Gasteiger partial charge on any atom is -0.396 e. The fourth-order valence-electron chi connectivity index (χ4n) is 2.53. The summed E-state index contributed by atoms with van der Waals surface area (Å²) in [6, 6.07) is 8.42. The summed E-state index contributed by atoms with van der Waals surface area (Å²) in [5.74, 6) is 1.59. The molecule has 0 radical (unpaired) electrons. The lowest BCUT2D eigenvalue weighted by atomic mass is 10.1. The van der Waals surface area contributed by atoms with Crippen LogP contribution in [0, 0.1) is 12.8 Å². The summed E-state index contributed by atoms with van der Waals surface area (Å²) in [4.78, 5) is 15.3. The minimum absolute atomic E-state index is 0.232. The first-order chi connectivity index (χ1) is 9.69. The predicted octanol–water partition coefficient (Wildman–Crippen LogP) is 2.71. The normalized spacial score (nSPS) is 18.5. The SMILES string of the molecule is Cc1ccc(SCCC(=O)N2CCC(CCO)C2)cc1. The first-order valence-electron chi connectivity index (χ1n) is 7.27. The summed E-state index contributed by atoms with van der Waals surface area (Å²) in [7, 11) is 0. The van der Waals surface area contributed by atoms with E-state index in [1.54, 1.807) is 11.8 Å². The largest absolute Gasteiger partial charge is 0.396 e. The van der Waals surface area contributed by atoms with Crippen molar-refractivity contribution in [3.63, 3.8) is 0 Å². The standard InChI is InChI=1S/C16H23NO2S/c1-13-2-4-15(5-3-13)20-11-8-16(19)17-9-6-14(12-17)7-10-18/h2-5,14,18H,6-12H2,1H3. The van der Waals surface area contributed by atoms with E-state index in [-0.39, 0.29) is 12.5 Å². The molecule has 1 atom stereocenters. The van der Waals surface area contributed by atoms with Gasteiger partial charge in [-0.1, -0.05) is 17.7 Å². The van der Waals surface area contributed by atoms with Gasteiger partial charge in [0.2, 0.25) is 5.91 Å². The second-order valence-electron chi connectivity index (χ2n) is 5.42. The number of thioether (sulfide) groups is 1. The maximum atomic E-state index is 12.1. The Labute approximate surface area is 125 Å². The lowest BCUT2D eigenvalue weighted by Gasteiger charge is -2.16. The van der Waals surface area contributed by atoms with Crippen LogP contribution in [0.4, 0.5) is 0 Å². The van der Waals surface area contributed by atoms with Crippen LogP contribution < -0.4 is 0 Å². The molecule has 1 aliphatic heterocycles. The molecule has 1 aromatic rings. The van der Waals surface area contributed by atoms with Crippen molar-refractivity contribution in [1.82, 2.24) is 4.90 Å². The third kappa shape index (κ3) is 4.53. The zero-order chi connectivity index (χ0) is 14.4. The van der Waals surface area contributed by atoms with Gasteiger partial charge in [0.15, 0.2) is 0 Å². The topological polar surface area (TPSA) is 40.5 Å². The average molecular weight is 293 g/mol. The molecule has 1 heterocycles. The second-order valence-corrected chi connectivity index (χ2v) is 6.59. The Morgan fingerprint density at radius 2 is 2.15 bits per heavy atom. The summed E-state index contributed by atoms with van der Waals surface area (Å²) >= 11 is 1.74. The van der Waals surface area contributed by atoms with Crippen molar-refractivity contribution in [2.24, 2.45) is 5.92 Å². The Bertz CT molecular complexity index is 433. The minimum atomic E-state index is 0.232. The van der Waals surface area contributed by atoms with Gasteiger partial charge in [-0.15, -0.1) is 11.8 Å². The molecule has 0 bridgehead atoms. The number of aliphatic hydroxyl groups excluding tert-OH is 1. The number of carbonyl (C=O) groups is 1. The number of aryl methyl sites for hydroxylation is 1. The van der Waals surface area contributed by atoms with Gasteiger partial charge in [-0.3, -0.25) is 4.79 Å². The fourth-order valence-corrected chi connectivity index (χ4v) is 3.37. The maximum Gasteiger partial charge on any atom is 0.223 e. The molecule has 1 N–H and O–H groups in total. The van der Waals surface area contributed by atoms with E-state index in [1.807, 2.05) is 4.90 Å². The molecule has 110 valence electrons. The van der Waals surface area contributed by atoms with E-state index in [2.05, 4.69) is 31.2 Å². The van der Waals surface area contributed by atoms with E-state index in [4.69, 9.17) is 5.11 Å². The van der Waals surface area contributed by atoms with Gasteiger partial charge >= 0.3 is 0 Å². The molecule has 2 rings (SSSR count). The van der Waals surface area contributed by atoms with Crippen molar-refractivity contribution in [3.8, 4) is 0 Å². The van der Waals surface area contributed by atoms with Gasteiger partial charge in [0.05, 0.1) is 0 Å². The van der Waals surface area contributed by atoms with Crippen molar-refractivity contribution in [3.05, 3.63) is 29.8 Å². The molecule has 3 nitrogen and oxygen atoms in total. The highest BCUT2D eigenvalue weighted by Crippen LogP contribution is 2.22. The molecule has 1 aromatic carbocycles. The molecule has 20 heavy (non-hydrogen) atoms. The Hall–Kier alpha value is -1.00. The van der Waals surface area contributed by atoms with Crippen LogP contribution in [-0.4, -0.2) is 41.4 Å². The predicted molar refractivity (Wildman–Crippen MR) is 82.9 cm³/mol. The van der Waals surface area contributed by atoms with Crippen molar-refractivity contribution in [1.29, 1.82) is 0 Å². The number of likely N-dealkylation sites (tertiary alicyclic amines) is 1. The van der Waals surface area contributed by atoms with Gasteiger partial charge in [0, 0.05) is 36.8 Å². The summed E-state index contributed by atoms with van der Waals surface area (Å²) in [5.41, 5.74) is 1.26. The number of hydrogen-bond acceptors (Lipinski definition) is 3. The van der Waals surface area contributed by atoms with Crippen molar-refractivity contribution in [2.45, 2.75) is 31.1 Å². The van der Waals surface area contributed by atoms with Crippen LogP contribution in [0.1, 0.15) is 24.8 Å². The number of hydrogen-bond donors (Lipinski definition) is 1. The summed E-state index contributed by atoms with van der Waals surface area (Å²) in [6.07, 6.45) is 2.46. The number of amides is 1. The molecule has 1 fully saturated rings. The van der Waals surface area contributed by atoms with E-state index in [1.165, 1.54) is 10.5 Å². The summed E-state index contributed by atoms with van der Waals surface area (Å²) in [5, 5.41) is 8.93. The highest BCUT2D eigenvalue weighted by atomic mass is 32.2. The molecule has 1 amide bonds. The molecule has 1 saturated heterocycles. The Morgan fingerprint density at radius 1 is 1.40 bits per heavy atom. The van der Waals surface area contributed by atoms with E-state index in [0.717, 1.165) is 31.7 Å². The zero-order valence-electron chi connectivity index (χ0n) is 12.0. The van der Waals surface area contributed by atoms with Gasteiger partial charge in [-0.2, -0.15) is 0 Å². The molecule has 0 saturated carbocycles. The number of rotatable bonds is 6. The highest BCUT2D eigenvalue weighted by Gasteiger charge is 2.25. The number of carbonyl (C=O) groups excluding carboxylic acids is 1. The van der Waals surface area contributed by atoms with Gasteiger partial charge in [-0.25, -0.2) is 0 Å². The van der Waals surface area contributed by atoms with E-state index < -0.39 is 0 Å². The molecular weight excluding hydrogens is 270 g/mol. The van der Waals surface area contributed by atoms with Gasteiger partial charge < -0.3 is 10.0 Å². The monoisotopic (exact) mass is 293 g/mol. The van der Waals surface area contributed by atoms with Crippen molar-refractivity contribution >= 4 is 17.7 Å². The molecule has 0 spiro atoms. The smallest absolute Gasteiger partial charge is 0.223 e. The number of nitrogens with zero attached hydrogens (tertiary/aromatic N) is 1. The third-order valence-corrected chi connectivity index (χ3v) is 4.80. The highest BCUT2D eigenvalue weighted by molar-refractivity contribution is 7.99.